The van der Waals surface area contributed by atoms with Gasteiger partial charge in [-0.3, -0.25) is 4.99 Å². The van der Waals surface area contributed by atoms with Crippen LogP contribution in [0.2, 0.25) is 0 Å². The second kappa shape index (κ2) is 4.80. The Kier molecular flexibility index (Phi) is 4.78. The Morgan fingerprint density at radius 3 is 2.78 bits per heavy atom. The van der Waals surface area contributed by atoms with Crippen molar-refractivity contribution >= 4 is 18.1 Å². The van der Waals surface area contributed by atoms with Crippen molar-refractivity contribution in [3.05, 3.63) is 0 Å². The molecule has 54 valence electrons. The van der Waals surface area contributed by atoms with Gasteiger partial charge in [0.05, 0.1) is 0 Å². The Morgan fingerprint density at radius 2 is 2.00 bits per heavy atom. The first kappa shape index (κ1) is 8.96. The van der Waals surface area contributed by atoms with E-state index in [9.17, 15) is 0 Å². The van der Waals surface area contributed by atoms with E-state index < -0.39 is 0 Å². The van der Waals surface area contributed by atoms with Crippen LogP contribution in [0.25, 0.3) is 0 Å². The van der Waals surface area contributed by atoms with Gasteiger partial charge in [0, 0.05) is 12.3 Å². The molecule has 1 rings (SSSR count). The molecule has 0 aromatic carbocycles. The van der Waals surface area contributed by atoms with Crippen LogP contribution in [0.5, 0.6) is 0 Å². The molecule has 9 heavy (non-hydrogen) atoms. The number of rotatable bonds is 0. The van der Waals surface area contributed by atoms with Gasteiger partial charge in [-0.05, 0) is 26.2 Å². The van der Waals surface area contributed by atoms with Crippen molar-refractivity contribution in [1.29, 1.82) is 0 Å². The Balaban J connectivity index is 0.000000640. The summed E-state index contributed by atoms with van der Waals surface area (Å²) in [6.45, 7) is 3.21. The SMILES string of the molecule is CC1=NCCCCC1.Cl. The minimum Gasteiger partial charge on any atom is -0.294 e. The fourth-order valence-corrected chi connectivity index (χ4v) is 1.02. The van der Waals surface area contributed by atoms with E-state index in [1.165, 1.54) is 31.4 Å². The van der Waals surface area contributed by atoms with Crippen molar-refractivity contribution in [2.45, 2.75) is 32.6 Å². The summed E-state index contributed by atoms with van der Waals surface area (Å²) in [7, 11) is 0. The van der Waals surface area contributed by atoms with Crippen LogP contribution in [-0.2, 0) is 0 Å². The first-order valence-electron chi connectivity index (χ1n) is 3.39. The highest BCUT2D eigenvalue weighted by Crippen LogP contribution is 2.06. The maximum absolute atomic E-state index is 4.34. The summed E-state index contributed by atoms with van der Waals surface area (Å²) in [5.41, 5.74) is 1.35. The monoisotopic (exact) mass is 147 g/mol. The summed E-state index contributed by atoms with van der Waals surface area (Å²) in [4.78, 5) is 4.34. The molecular formula is C7H14ClN. The molecule has 0 spiro atoms. The van der Waals surface area contributed by atoms with Gasteiger partial charge in [-0.15, -0.1) is 12.4 Å². The molecule has 0 aromatic rings. The lowest BCUT2D eigenvalue weighted by Gasteiger charge is -1.89. The second-order valence-electron chi connectivity index (χ2n) is 2.43. The smallest absolute Gasteiger partial charge is 0.0388 e. The summed E-state index contributed by atoms with van der Waals surface area (Å²) >= 11 is 0. The molecule has 0 radical (unpaired) electrons. The van der Waals surface area contributed by atoms with E-state index >= 15 is 0 Å². The molecule has 0 fully saturated rings. The van der Waals surface area contributed by atoms with Crippen LogP contribution < -0.4 is 0 Å². The van der Waals surface area contributed by atoms with Crippen LogP contribution in [0.15, 0.2) is 4.99 Å². The van der Waals surface area contributed by atoms with Crippen molar-refractivity contribution in [2.24, 2.45) is 4.99 Å². The predicted molar refractivity (Wildman–Crippen MR) is 43.7 cm³/mol. The van der Waals surface area contributed by atoms with E-state index in [0.717, 1.165) is 6.54 Å². The van der Waals surface area contributed by atoms with Gasteiger partial charge in [-0.25, -0.2) is 0 Å². The zero-order valence-electron chi connectivity index (χ0n) is 5.89. The van der Waals surface area contributed by atoms with Crippen molar-refractivity contribution in [1.82, 2.24) is 0 Å². The van der Waals surface area contributed by atoms with Crippen molar-refractivity contribution < 1.29 is 0 Å². The zero-order chi connectivity index (χ0) is 5.82. The minimum absolute atomic E-state index is 0. The fourth-order valence-electron chi connectivity index (χ4n) is 1.02. The number of hydrogen-bond donors (Lipinski definition) is 0. The lowest BCUT2D eigenvalue weighted by atomic mass is 10.2. The Morgan fingerprint density at radius 1 is 1.22 bits per heavy atom. The van der Waals surface area contributed by atoms with Gasteiger partial charge in [0.25, 0.3) is 0 Å². The van der Waals surface area contributed by atoms with Crippen molar-refractivity contribution in [3.63, 3.8) is 0 Å². The third kappa shape index (κ3) is 3.52. The van der Waals surface area contributed by atoms with Crippen LogP contribution >= 0.6 is 12.4 Å². The average Bonchev–Trinajstić information content (AvgIpc) is 1.94. The standard InChI is InChI=1S/C7H13N.ClH/c1-7-5-3-2-4-6-8-7;/h2-6H2,1H3;1H. The van der Waals surface area contributed by atoms with Crippen LogP contribution in [-0.4, -0.2) is 12.3 Å². The molecular weight excluding hydrogens is 134 g/mol. The first-order chi connectivity index (χ1) is 3.89. The molecule has 0 unspecified atom stereocenters. The average molecular weight is 148 g/mol. The second-order valence-corrected chi connectivity index (χ2v) is 2.43. The Labute approximate surface area is 63.0 Å². The van der Waals surface area contributed by atoms with E-state index in [-0.39, 0.29) is 12.4 Å². The molecule has 0 saturated carbocycles. The lowest BCUT2D eigenvalue weighted by molar-refractivity contribution is 0.731. The Hall–Kier alpha value is -0.0400. The molecule has 0 bridgehead atoms. The lowest BCUT2D eigenvalue weighted by Crippen LogP contribution is -1.87. The molecule has 1 aliphatic heterocycles. The van der Waals surface area contributed by atoms with Gasteiger partial charge >= 0.3 is 0 Å². The van der Waals surface area contributed by atoms with Crippen molar-refractivity contribution in [3.8, 4) is 0 Å². The topological polar surface area (TPSA) is 12.4 Å². The first-order valence-corrected chi connectivity index (χ1v) is 3.39. The fraction of sp³-hybridized carbons (Fsp3) is 0.857. The molecule has 1 heterocycles. The number of hydrogen-bond acceptors (Lipinski definition) is 1. The van der Waals surface area contributed by atoms with Gasteiger partial charge in [-0.2, -0.15) is 0 Å². The molecule has 0 N–H and O–H groups in total. The number of aliphatic imine (C=N–C) groups is 1. The molecule has 0 atom stereocenters. The number of halogens is 1. The quantitative estimate of drug-likeness (QED) is 0.499. The van der Waals surface area contributed by atoms with Crippen LogP contribution in [0, 0.1) is 0 Å². The van der Waals surface area contributed by atoms with Gasteiger partial charge in [0.1, 0.15) is 0 Å². The molecule has 1 nitrogen and oxygen atoms in total. The molecule has 0 aromatic heterocycles. The molecule has 0 aliphatic carbocycles. The zero-order valence-corrected chi connectivity index (χ0v) is 6.71. The van der Waals surface area contributed by atoms with E-state index in [4.69, 9.17) is 0 Å². The van der Waals surface area contributed by atoms with Crippen LogP contribution in [0.1, 0.15) is 32.6 Å². The summed E-state index contributed by atoms with van der Waals surface area (Å²) < 4.78 is 0. The highest BCUT2D eigenvalue weighted by molar-refractivity contribution is 5.85. The van der Waals surface area contributed by atoms with Gasteiger partial charge < -0.3 is 0 Å². The molecule has 0 amide bonds. The maximum Gasteiger partial charge on any atom is 0.0388 e. The van der Waals surface area contributed by atoms with E-state index in [0.29, 0.717) is 0 Å². The highest BCUT2D eigenvalue weighted by Gasteiger charge is 1.96. The van der Waals surface area contributed by atoms with Crippen LogP contribution in [0.3, 0.4) is 0 Å². The maximum atomic E-state index is 4.34. The van der Waals surface area contributed by atoms with E-state index in [2.05, 4.69) is 11.9 Å². The van der Waals surface area contributed by atoms with Crippen LogP contribution in [0.4, 0.5) is 0 Å². The third-order valence-electron chi connectivity index (χ3n) is 1.58. The highest BCUT2D eigenvalue weighted by atomic mass is 35.5. The third-order valence-corrected chi connectivity index (χ3v) is 1.58. The molecule has 0 saturated heterocycles. The summed E-state index contributed by atoms with van der Waals surface area (Å²) in [5, 5.41) is 0. The van der Waals surface area contributed by atoms with Gasteiger partial charge in [-0.1, -0.05) is 6.42 Å². The summed E-state index contributed by atoms with van der Waals surface area (Å²) in [6.07, 6.45) is 5.27. The molecule has 1 aliphatic rings. The molecule has 2 heteroatoms. The Bertz CT molecular complexity index is 99.1. The van der Waals surface area contributed by atoms with E-state index in [1.54, 1.807) is 0 Å². The van der Waals surface area contributed by atoms with Crippen molar-refractivity contribution in [2.75, 3.05) is 6.54 Å². The minimum atomic E-state index is 0. The van der Waals surface area contributed by atoms with Gasteiger partial charge in [0.2, 0.25) is 0 Å². The van der Waals surface area contributed by atoms with E-state index in [1.807, 2.05) is 0 Å². The van der Waals surface area contributed by atoms with Gasteiger partial charge in [0.15, 0.2) is 0 Å². The normalized spacial score (nSPS) is 19.4. The summed E-state index contributed by atoms with van der Waals surface area (Å²) in [6, 6.07) is 0. The largest absolute Gasteiger partial charge is 0.294 e. The predicted octanol–water partition coefficient (Wildman–Crippen LogP) is 2.44. The summed E-state index contributed by atoms with van der Waals surface area (Å²) in [5.74, 6) is 0. The number of nitrogens with zero attached hydrogens (tertiary/aromatic N) is 1.